The van der Waals surface area contributed by atoms with Crippen LogP contribution in [0.4, 0.5) is 0 Å². The van der Waals surface area contributed by atoms with Crippen LogP contribution in [0.3, 0.4) is 0 Å². The molecule has 0 aliphatic rings. The van der Waals surface area contributed by atoms with Crippen LogP contribution in [-0.2, 0) is 11.0 Å². The fourth-order valence-electron chi connectivity index (χ4n) is 2.12. The lowest BCUT2D eigenvalue weighted by Crippen LogP contribution is -2.36. The third kappa shape index (κ3) is 4.23. The van der Waals surface area contributed by atoms with E-state index in [1.807, 2.05) is 44.2 Å². The van der Waals surface area contributed by atoms with Gasteiger partial charge in [-0.15, -0.1) is 0 Å². The van der Waals surface area contributed by atoms with Crippen LogP contribution >= 0.6 is 65.3 Å². The number of hydrogen-bond acceptors (Lipinski definition) is 1. The first kappa shape index (κ1) is 19.9. The molecule has 0 heterocycles. The van der Waals surface area contributed by atoms with E-state index in [1.165, 1.54) is 0 Å². The Morgan fingerprint density at radius 2 is 1.48 bits per heavy atom. The highest BCUT2D eigenvalue weighted by Gasteiger charge is 2.60. The maximum Gasteiger partial charge on any atom is 0.258 e. The van der Waals surface area contributed by atoms with Crippen molar-refractivity contribution in [1.29, 1.82) is 0 Å². The van der Waals surface area contributed by atoms with Gasteiger partial charge < -0.3 is 0 Å². The van der Waals surface area contributed by atoms with E-state index in [1.54, 1.807) is 4.67 Å². The lowest BCUT2D eigenvalue weighted by molar-refractivity contribution is 0.435. The molecule has 0 saturated heterocycles. The summed E-state index contributed by atoms with van der Waals surface area (Å²) in [5.41, 5.74) is 0.823. The highest BCUT2D eigenvalue weighted by Crippen LogP contribution is 2.77. The first-order valence-corrected chi connectivity index (χ1v) is 9.99. The summed E-state index contributed by atoms with van der Waals surface area (Å²) in [6.07, 6.45) is 0.124. The van der Waals surface area contributed by atoms with Gasteiger partial charge in [0, 0.05) is 19.5 Å². The summed E-state index contributed by atoms with van der Waals surface area (Å²) in [7, 11) is -3.72. The van der Waals surface area contributed by atoms with E-state index < -0.39 is 14.9 Å². The number of halogens is 5. The van der Waals surface area contributed by atoms with E-state index in [-0.39, 0.29) is 6.42 Å². The third-order valence-electron chi connectivity index (χ3n) is 3.18. The topological polar surface area (TPSA) is 20.3 Å². The monoisotopic (exact) mass is 409 g/mol. The smallest absolute Gasteiger partial charge is 0.258 e. The zero-order valence-corrected chi connectivity index (χ0v) is 16.4. The molecule has 0 aliphatic carbocycles. The normalized spacial score (nSPS) is 16.0. The van der Waals surface area contributed by atoms with E-state index in [0.29, 0.717) is 13.1 Å². The molecular formula is C13H17Cl5NOP. The van der Waals surface area contributed by atoms with Crippen molar-refractivity contribution < 1.29 is 4.57 Å². The van der Waals surface area contributed by atoms with Crippen LogP contribution < -0.4 is 0 Å². The molecule has 8 heteroatoms. The lowest BCUT2D eigenvalue weighted by atomic mass is 10.2. The largest absolute Gasteiger partial charge is 0.299 e. The Morgan fingerprint density at radius 1 is 1.00 bits per heavy atom. The molecule has 0 N–H and O–H groups in total. The van der Waals surface area contributed by atoms with Gasteiger partial charge in [0.1, 0.15) is 0 Å². The average molecular weight is 412 g/mol. The molecule has 0 aromatic heterocycles. The fourth-order valence-corrected chi connectivity index (χ4v) is 9.17. The highest BCUT2D eigenvalue weighted by atomic mass is 35.6. The van der Waals surface area contributed by atoms with E-state index >= 15 is 0 Å². The molecule has 0 amide bonds. The van der Waals surface area contributed by atoms with Gasteiger partial charge in [-0.2, -0.15) is 0 Å². The molecule has 0 saturated carbocycles. The maximum absolute atomic E-state index is 13.5. The van der Waals surface area contributed by atoms with E-state index in [9.17, 15) is 4.57 Å². The standard InChI is InChI=1S/C13H17Cl5NOP/c1-3-19(4-2)21(20,13(16,17)18)12(14,15)10-11-8-6-5-7-9-11/h5-9H,3-4,10H2,1-2H3. The van der Waals surface area contributed by atoms with Crippen molar-refractivity contribution in [2.75, 3.05) is 13.1 Å². The van der Waals surface area contributed by atoms with Gasteiger partial charge >= 0.3 is 0 Å². The molecule has 1 rings (SSSR count). The van der Waals surface area contributed by atoms with Gasteiger partial charge in [-0.3, -0.25) is 4.57 Å². The Hall–Kier alpha value is 0.860. The fraction of sp³-hybridized carbons (Fsp3) is 0.538. The zero-order valence-electron chi connectivity index (χ0n) is 11.7. The number of benzene rings is 1. The second-order valence-corrected chi connectivity index (χ2v) is 12.7. The molecule has 120 valence electrons. The van der Waals surface area contributed by atoms with Crippen molar-refractivity contribution in [3.8, 4) is 0 Å². The Balaban J connectivity index is 3.28. The molecule has 1 unspecified atom stereocenters. The predicted octanol–water partition coefficient (Wildman–Crippen LogP) is 6.31. The van der Waals surface area contributed by atoms with Gasteiger partial charge in [-0.25, -0.2) is 4.67 Å². The van der Waals surface area contributed by atoms with Crippen LogP contribution in [0.1, 0.15) is 19.4 Å². The summed E-state index contributed by atoms with van der Waals surface area (Å²) in [5, 5.41) is 0. The number of rotatable bonds is 6. The quantitative estimate of drug-likeness (QED) is 0.404. The molecule has 0 aliphatic heterocycles. The summed E-state index contributed by atoms with van der Waals surface area (Å²) >= 11 is 30.8. The minimum Gasteiger partial charge on any atom is -0.299 e. The highest BCUT2D eigenvalue weighted by molar-refractivity contribution is 7.74. The molecule has 1 aromatic rings. The summed E-state index contributed by atoms with van der Waals surface area (Å²) in [6.45, 7) is 4.47. The minimum atomic E-state index is -3.72. The number of nitrogens with zero attached hydrogens (tertiary/aromatic N) is 1. The Bertz CT molecular complexity index is 499. The van der Waals surface area contributed by atoms with Crippen molar-refractivity contribution in [3.05, 3.63) is 35.9 Å². The van der Waals surface area contributed by atoms with Crippen LogP contribution in [0.15, 0.2) is 30.3 Å². The molecule has 0 spiro atoms. The Labute approximate surface area is 151 Å². The van der Waals surface area contributed by atoms with Gasteiger partial charge in [0.2, 0.25) is 7.29 Å². The molecular weight excluding hydrogens is 394 g/mol. The van der Waals surface area contributed by atoms with Crippen molar-refractivity contribution >= 4 is 65.3 Å². The van der Waals surface area contributed by atoms with Gasteiger partial charge in [-0.05, 0) is 5.56 Å². The average Bonchev–Trinajstić information content (AvgIpc) is 2.39. The second kappa shape index (κ2) is 7.62. The predicted molar refractivity (Wildman–Crippen MR) is 95.4 cm³/mol. The van der Waals surface area contributed by atoms with Crippen LogP contribution in [-0.4, -0.2) is 25.4 Å². The maximum atomic E-state index is 13.5. The minimum absolute atomic E-state index is 0.124. The van der Waals surface area contributed by atoms with Gasteiger partial charge in [0.25, 0.3) is 3.53 Å². The zero-order chi connectivity index (χ0) is 16.3. The van der Waals surface area contributed by atoms with Gasteiger partial charge in [0.15, 0.2) is 4.07 Å². The molecule has 2 nitrogen and oxygen atoms in total. The molecule has 0 bridgehead atoms. The Morgan fingerprint density at radius 3 is 1.86 bits per heavy atom. The number of alkyl halides is 5. The van der Waals surface area contributed by atoms with Gasteiger partial charge in [0.05, 0.1) is 0 Å². The molecule has 1 aromatic carbocycles. The summed E-state index contributed by atoms with van der Waals surface area (Å²) < 4.78 is 11.3. The SMILES string of the molecule is CCN(CC)P(=O)(C(Cl)(Cl)Cl)C(Cl)(Cl)Cc1ccccc1. The van der Waals surface area contributed by atoms with Crippen LogP contribution in [0.25, 0.3) is 0 Å². The van der Waals surface area contributed by atoms with Crippen molar-refractivity contribution in [1.82, 2.24) is 4.67 Å². The summed E-state index contributed by atoms with van der Waals surface area (Å²) in [5.74, 6) is 0. The lowest BCUT2D eigenvalue weighted by Gasteiger charge is -2.41. The van der Waals surface area contributed by atoms with Crippen LogP contribution in [0.2, 0.25) is 0 Å². The van der Waals surface area contributed by atoms with Crippen molar-refractivity contribution in [2.24, 2.45) is 0 Å². The number of hydrogen-bond donors (Lipinski definition) is 0. The van der Waals surface area contributed by atoms with Crippen molar-refractivity contribution in [3.63, 3.8) is 0 Å². The Kier molecular flexibility index (Phi) is 7.22. The molecule has 0 radical (unpaired) electrons. The van der Waals surface area contributed by atoms with E-state index in [0.717, 1.165) is 5.56 Å². The van der Waals surface area contributed by atoms with Crippen LogP contribution in [0, 0.1) is 0 Å². The first-order valence-electron chi connectivity index (χ1n) is 6.44. The van der Waals surface area contributed by atoms with E-state index in [2.05, 4.69) is 0 Å². The summed E-state index contributed by atoms with van der Waals surface area (Å²) in [6, 6.07) is 9.23. The third-order valence-corrected chi connectivity index (χ3v) is 9.97. The first-order chi connectivity index (χ1) is 9.60. The second-order valence-electron chi connectivity index (χ2n) is 4.51. The molecule has 0 fully saturated rings. The molecule has 21 heavy (non-hydrogen) atoms. The summed E-state index contributed by atoms with van der Waals surface area (Å²) in [4.78, 5) is 0. The van der Waals surface area contributed by atoms with Crippen molar-refractivity contribution in [2.45, 2.75) is 27.9 Å². The van der Waals surface area contributed by atoms with E-state index in [4.69, 9.17) is 58.0 Å². The van der Waals surface area contributed by atoms with Gasteiger partial charge in [-0.1, -0.05) is 102 Å². The molecule has 1 atom stereocenters. The van der Waals surface area contributed by atoms with Crippen LogP contribution in [0.5, 0.6) is 0 Å².